The maximum absolute atomic E-state index is 11.8. The third-order valence-electron chi connectivity index (χ3n) is 2.08. The lowest BCUT2D eigenvalue weighted by atomic mass is 10.4. The van der Waals surface area contributed by atoms with Crippen LogP contribution in [0.15, 0.2) is 0 Å². The largest absolute Gasteiger partial charge is 0.469 e. The summed E-state index contributed by atoms with van der Waals surface area (Å²) in [5.41, 5.74) is 0. The lowest BCUT2D eigenvalue weighted by molar-refractivity contribution is -0.140. The van der Waals surface area contributed by atoms with E-state index in [4.69, 9.17) is 4.74 Å². The summed E-state index contributed by atoms with van der Waals surface area (Å²) in [5.74, 6) is -0.560. The van der Waals surface area contributed by atoms with Gasteiger partial charge in [-0.25, -0.2) is 9.52 Å². The van der Waals surface area contributed by atoms with Crippen molar-refractivity contribution in [3.8, 4) is 0 Å². The lowest BCUT2D eigenvalue weighted by Gasteiger charge is -2.20. The summed E-state index contributed by atoms with van der Waals surface area (Å²) in [6.45, 7) is -0.0363. The average molecular weight is 298 g/mol. The Labute approximate surface area is 112 Å². The number of hydrogen-bond acceptors (Lipinski definition) is 7. The predicted octanol–water partition coefficient (Wildman–Crippen LogP) is -0.901. The van der Waals surface area contributed by atoms with Crippen molar-refractivity contribution in [1.29, 1.82) is 0 Å². The average Bonchev–Trinajstić information content (AvgIpc) is 2.37. The first-order chi connectivity index (χ1) is 8.87. The van der Waals surface area contributed by atoms with Crippen molar-refractivity contribution in [3.63, 3.8) is 0 Å². The van der Waals surface area contributed by atoms with Crippen LogP contribution in [0.25, 0.3) is 0 Å². The molecule has 0 atom stereocenters. The minimum absolute atomic E-state index is 0.0141. The fraction of sp³-hybridized carbons (Fsp3) is 0.778. The first kappa shape index (κ1) is 17.6. The van der Waals surface area contributed by atoms with E-state index in [0.717, 1.165) is 11.4 Å². The zero-order valence-corrected chi connectivity index (χ0v) is 11.9. The van der Waals surface area contributed by atoms with Gasteiger partial charge in [-0.15, -0.1) is 0 Å². The van der Waals surface area contributed by atoms with Gasteiger partial charge in [0.05, 0.1) is 27.2 Å². The summed E-state index contributed by atoms with van der Waals surface area (Å²) in [6.07, 6.45) is -1.25. The zero-order chi connectivity index (χ0) is 14.9. The van der Waals surface area contributed by atoms with E-state index in [-0.39, 0.29) is 26.1 Å². The molecule has 0 aromatic rings. The summed E-state index contributed by atoms with van der Waals surface area (Å²) in [5, 5.41) is 0. The Morgan fingerprint density at radius 2 is 1.74 bits per heavy atom. The molecule has 0 bridgehead atoms. The normalized spacial score (nSPS) is 11.2. The van der Waals surface area contributed by atoms with E-state index in [1.165, 1.54) is 14.2 Å². The number of esters is 1. The second kappa shape index (κ2) is 8.67. The number of carbonyl (C=O) groups excluding carboxylic acids is 2. The molecule has 0 fully saturated rings. The molecule has 0 aliphatic carbocycles. The Bertz CT molecular complexity index is 395. The molecule has 112 valence electrons. The second-order valence-electron chi connectivity index (χ2n) is 3.32. The molecule has 19 heavy (non-hydrogen) atoms. The summed E-state index contributed by atoms with van der Waals surface area (Å²) in [4.78, 5) is 21.9. The Hall–Kier alpha value is -1.39. The van der Waals surface area contributed by atoms with Gasteiger partial charge in [-0.3, -0.25) is 4.79 Å². The summed E-state index contributed by atoms with van der Waals surface area (Å²) < 4.78 is 39.6. The van der Waals surface area contributed by atoms with Gasteiger partial charge >= 0.3 is 22.3 Å². The van der Waals surface area contributed by atoms with Crippen molar-refractivity contribution in [3.05, 3.63) is 0 Å². The van der Waals surface area contributed by atoms with Gasteiger partial charge in [0, 0.05) is 20.2 Å². The fourth-order valence-electron chi connectivity index (χ4n) is 1.07. The van der Waals surface area contributed by atoms with Crippen molar-refractivity contribution in [2.45, 2.75) is 6.42 Å². The third-order valence-corrected chi connectivity index (χ3v) is 3.55. The molecule has 0 aromatic heterocycles. The van der Waals surface area contributed by atoms with Gasteiger partial charge in [-0.2, -0.15) is 12.7 Å². The monoisotopic (exact) mass is 298 g/mol. The quantitative estimate of drug-likeness (QED) is 0.578. The standard InChI is InChI=1S/C9H18N2O7S/c1-16-7-6-11(5-4-8(12)17-2)19(14,15)10-9(13)18-3/h4-7H2,1-3H3,(H,10,13). The molecular weight excluding hydrogens is 280 g/mol. The molecule has 1 N–H and O–H groups in total. The molecular formula is C9H18N2O7S. The Morgan fingerprint density at radius 3 is 2.21 bits per heavy atom. The van der Waals surface area contributed by atoms with Crippen LogP contribution in [-0.2, 0) is 29.2 Å². The molecule has 0 saturated carbocycles. The van der Waals surface area contributed by atoms with Crippen LogP contribution in [0.5, 0.6) is 0 Å². The van der Waals surface area contributed by atoms with Gasteiger partial charge in [0.2, 0.25) is 0 Å². The van der Waals surface area contributed by atoms with E-state index in [9.17, 15) is 18.0 Å². The van der Waals surface area contributed by atoms with E-state index in [0.29, 0.717) is 0 Å². The molecule has 0 aromatic carbocycles. The van der Waals surface area contributed by atoms with Gasteiger partial charge in [-0.1, -0.05) is 0 Å². The number of nitrogens with zero attached hydrogens (tertiary/aromatic N) is 1. The SMILES string of the molecule is COCCN(CCC(=O)OC)S(=O)(=O)NC(=O)OC. The smallest absolute Gasteiger partial charge is 0.421 e. The number of hydrogen-bond donors (Lipinski definition) is 1. The molecule has 0 aliphatic heterocycles. The molecule has 1 amide bonds. The minimum Gasteiger partial charge on any atom is -0.469 e. The highest BCUT2D eigenvalue weighted by Crippen LogP contribution is 2.01. The number of amides is 1. The summed E-state index contributed by atoms with van der Waals surface area (Å²) in [6, 6.07) is 0. The third kappa shape index (κ3) is 6.94. The molecule has 10 heteroatoms. The van der Waals surface area contributed by atoms with Crippen LogP contribution >= 0.6 is 0 Å². The summed E-state index contributed by atoms with van der Waals surface area (Å²) >= 11 is 0. The zero-order valence-electron chi connectivity index (χ0n) is 11.0. The summed E-state index contributed by atoms with van der Waals surface area (Å²) in [7, 11) is -0.449. The number of rotatable bonds is 8. The number of methoxy groups -OCH3 is 3. The molecule has 9 nitrogen and oxygen atoms in total. The van der Waals surface area contributed by atoms with E-state index >= 15 is 0 Å². The Balaban J connectivity index is 4.71. The molecule has 0 rings (SSSR count). The van der Waals surface area contributed by atoms with Gasteiger partial charge in [0.25, 0.3) is 0 Å². The van der Waals surface area contributed by atoms with Crippen LogP contribution in [0.3, 0.4) is 0 Å². The predicted molar refractivity (Wildman–Crippen MR) is 64.5 cm³/mol. The van der Waals surface area contributed by atoms with Crippen LogP contribution < -0.4 is 4.72 Å². The van der Waals surface area contributed by atoms with Crippen molar-refractivity contribution in [2.75, 3.05) is 41.0 Å². The Kier molecular flexibility index (Phi) is 8.03. The van der Waals surface area contributed by atoms with Crippen LogP contribution in [0.2, 0.25) is 0 Å². The van der Waals surface area contributed by atoms with E-state index in [2.05, 4.69) is 9.47 Å². The molecule has 0 spiro atoms. The molecule has 0 aliphatic rings. The van der Waals surface area contributed by atoms with E-state index in [1.807, 2.05) is 0 Å². The van der Waals surface area contributed by atoms with Crippen LogP contribution in [0.4, 0.5) is 4.79 Å². The molecule has 0 heterocycles. The maximum Gasteiger partial charge on any atom is 0.421 e. The van der Waals surface area contributed by atoms with Crippen LogP contribution in [-0.4, -0.2) is 65.8 Å². The lowest BCUT2D eigenvalue weighted by Crippen LogP contribution is -2.45. The molecule has 0 saturated heterocycles. The first-order valence-corrected chi connectivity index (χ1v) is 6.73. The molecule has 0 radical (unpaired) electrons. The minimum atomic E-state index is -4.09. The van der Waals surface area contributed by atoms with Crippen LogP contribution in [0, 0.1) is 0 Å². The first-order valence-electron chi connectivity index (χ1n) is 5.29. The van der Waals surface area contributed by atoms with Crippen molar-refractivity contribution < 1.29 is 32.2 Å². The van der Waals surface area contributed by atoms with Crippen molar-refractivity contribution >= 4 is 22.3 Å². The van der Waals surface area contributed by atoms with E-state index < -0.39 is 22.3 Å². The van der Waals surface area contributed by atoms with Crippen molar-refractivity contribution in [1.82, 2.24) is 9.03 Å². The van der Waals surface area contributed by atoms with Gasteiger partial charge in [0.1, 0.15) is 0 Å². The maximum atomic E-state index is 11.8. The highest BCUT2D eigenvalue weighted by atomic mass is 32.2. The molecule has 0 unspecified atom stereocenters. The number of carbonyl (C=O) groups is 2. The van der Waals surface area contributed by atoms with E-state index in [1.54, 1.807) is 4.72 Å². The topological polar surface area (TPSA) is 111 Å². The number of ether oxygens (including phenoxy) is 3. The Morgan fingerprint density at radius 1 is 1.11 bits per heavy atom. The van der Waals surface area contributed by atoms with Crippen LogP contribution in [0.1, 0.15) is 6.42 Å². The second-order valence-corrected chi connectivity index (χ2v) is 4.99. The van der Waals surface area contributed by atoms with Gasteiger partial charge in [0.15, 0.2) is 0 Å². The fourth-order valence-corrected chi connectivity index (χ4v) is 2.14. The van der Waals surface area contributed by atoms with Gasteiger partial charge < -0.3 is 14.2 Å². The number of nitrogens with one attached hydrogen (secondary N) is 1. The highest BCUT2D eigenvalue weighted by molar-refractivity contribution is 7.87. The highest BCUT2D eigenvalue weighted by Gasteiger charge is 2.25. The van der Waals surface area contributed by atoms with Gasteiger partial charge in [-0.05, 0) is 0 Å². The van der Waals surface area contributed by atoms with Crippen molar-refractivity contribution in [2.24, 2.45) is 0 Å².